The molecule has 0 aliphatic rings. The minimum Gasteiger partial charge on any atom is -0.387 e. The molecule has 24 heavy (non-hydrogen) atoms. The molecule has 0 rings (SSSR count). The summed E-state index contributed by atoms with van der Waals surface area (Å²) >= 11 is 0. The van der Waals surface area contributed by atoms with E-state index in [9.17, 15) is 9.90 Å². The van der Waals surface area contributed by atoms with E-state index in [0.29, 0.717) is 19.6 Å². The number of aliphatic hydroxyl groups excluding tert-OH is 1. The van der Waals surface area contributed by atoms with Gasteiger partial charge in [-0.25, -0.2) is 0 Å². The Morgan fingerprint density at radius 3 is 2.04 bits per heavy atom. The summed E-state index contributed by atoms with van der Waals surface area (Å²) in [6.45, 7) is 14.5. The number of aliphatic hydroxyl groups is 1. The number of carbonyl (C=O) groups is 1. The van der Waals surface area contributed by atoms with Crippen LogP contribution in [0.25, 0.3) is 0 Å². The molecule has 0 amide bonds. The molecular formula is C19H34O4Si. The lowest BCUT2D eigenvalue weighted by molar-refractivity contribution is -0.277. The highest BCUT2D eigenvalue weighted by Crippen LogP contribution is 2.26. The molecule has 0 unspecified atom stereocenters. The summed E-state index contributed by atoms with van der Waals surface area (Å²) in [5.74, 6) is 1.30. The van der Waals surface area contributed by atoms with Gasteiger partial charge in [0.15, 0.2) is 5.79 Å². The Balaban J connectivity index is 5.20. The van der Waals surface area contributed by atoms with Gasteiger partial charge in [-0.05, 0) is 37.9 Å². The molecule has 0 aliphatic carbocycles. The molecule has 1 N–H and O–H groups in total. The normalized spacial score (nSPS) is 13.1. The van der Waals surface area contributed by atoms with Crippen LogP contribution in [0.5, 0.6) is 0 Å². The summed E-state index contributed by atoms with van der Waals surface area (Å²) in [6.07, 6.45) is 0.780. The lowest BCUT2D eigenvalue weighted by atomic mass is 10.0. The summed E-state index contributed by atoms with van der Waals surface area (Å²) in [6, 6.07) is 3.13. The average molecular weight is 355 g/mol. The predicted octanol–water partition coefficient (Wildman–Crippen LogP) is 3.70. The summed E-state index contributed by atoms with van der Waals surface area (Å²) in [5.41, 5.74) is 3.26. The van der Waals surface area contributed by atoms with Gasteiger partial charge in [0.2, 0.25) is 5.78 Å². The van der Waals surface area contributed by atoms with E-state index in [1.54, 1.807) is 6.08 Å². The molecular weight excluding hydrogens is 320 g/mol. The van der Waals surface area contributed by atoms with Crippen LogP contribution >= 0.6 is 0 Å². The van der Waals surface area contributed by atoms with E-state index >= 15 is 0 Å². The first-order valence-electron chi connectivity index (χ1n) is 9.01. The van der Waals surface area contributed by atoms with Crippen molar-refractivity contribution >= 4 is 13.9 Å². The maximum Gasteiger partial charge on any atom is 0.207 e. The van der Waals surface area contributed by atoms with Gasteiger partial charge in [0.1, 0.15) is 14.2 Å². The highest BCUT2D eigenvalue weighted by molar-refractivity contribution is 6.87. The third-order valence-electron chi connectivity index (χ3n) is 4.59. The number of ketones is 1. The number of Topliss-reactive ketones (excluding diaryl/α,β-unsaturated/α-hetero) is 1. The minimum absolute atomic E-state index is 0.0948. The number of hydrogen-bond acceptors (Lipinski definition) is 4. The Hall–Kier alpha value is -0.933. The summed E-state index contributed by atoms with van der Waals surface area (Å²) in [4.78, 5) is 12.3. The van der Waals surface area contributed by atoms with Gasteiger partial charge < -0.3 is 14.6 Å². The van der Waals surface area contributed by atoms with Crippen molar-refractivity contribution < 1.29 is 19.4 Å². The molecule has 0 radical (unpaired) electrons. The SMILES string of the molecule is C=CCC(OCC)(OCC)[C@H](O)CC(=O)C#C[Si](CC)(CC)CC. The molecule has 0 aromatic carbocycles. The van der Waals surface area contributed by atoms with E-state index in [1.165, 1.54) is 0 Å². The molecule has 0 bridgehead atoms. The number of rotatable bonds is 12. The largest absolute Gasteiger partial charge is 0.387 e. The van der Waals surface area contributed by atoms with Crippen LogP contribution in [0, 0.1) is 11.5 Å². The van der Waals surface area contributed by atoms with Crippen LogP contribution in [-0.2, 0) is 14.3 Å². The first-order chi connectivity index (χ1) is 11.4. The molecule has 138 valence electrons. The molecule has 4 nitrogen and oxygen atoms in total. The molecule has 5 heteroatoms. The Labute approximate surface area is 148 Å². The molecule has 0 heterocycles. The van der Waals surface area contributed by atoms with Crippen molar-refractivity contribution in [2.45, 2.75) is 77.5 Å². The number of carbonyl (C=O) groups excluding carboxylic acids is 1. The van der Waals surface area contributed by atoms with Gasteiger partial charge in [-0.15, -0.1) is 12.1 Å². The number of hydrogen-bond donors (Lipinski definition) is 1. The molecule has 0 spiro atoms. The van der Waals surface area contributed by atoms with Crippen LogP contribution < -0.4 is 0 Å². The fourth-order valence-electron chi connectivity index (χ4n) is 2.78. The van der Waals surface area contributed by atoms with E-state index in [4.69, 9.17) is 9.47 Å². The first-order valence-corrected chi connectivity index (χ1v) is 11.6. The van der Waals surface area contributed by atoms with Crippen molar-refractivity contribution in [2.24, 2.45) is 0 Å². The first kappa shape index (κ1) is 23.1. The third kappa shape index (κ3) is 6.52. The van der Waals surface area contributed by atoms with Crippen molar-refractivity contribution in [3.05, 3.63) is 12.7 Å². The van der Waals surface area contributed by atoms with E-state index < -0.39 is 20.0 Å². The van der Waals surface area contributed by atoms with Gasteiger partial charge in [0, 0.05) is 19.6 Å². The third-order valence-corrected chi connectivity index (χ3v) is 9.31. The molecule has 0 fully saturated rings. The smallest absolute Gasteiger partial charge is 0.207 e. The Kier molecular flexibility index (Phi) is 11.1. The van der Waals surface area contributed by atoms with Gasteiger partial charge >= 0.3 is 0 Å². The quantitative estimate of drug-likeness (QED) is 0.251. The van der Waals surface area contributed by atoms with Crippen LogP contribution in [0.15, 0.2) is 12.7 Å². The topological polar surface area (TPSA) is 55.8 Å². The van der Waals surface area contributed by atoms with E-state index in [2.05, 4.69) is 38.8 Å². The van der Waals surface area contributed by atoms with Crippen molar-refractivity contribution in [2.75, 3.05) is 13.2 Å². The van der Waals surface area contributed by atoms with Crippen LogP contribution in [-0.4, -0.2) is 44.1 Å². The second-order valence-corrected chi connectivity index (χ2v) is 10.8. The molecule has 0 aliphatic heterocycles. The van der Waals surface area contributed by atoms with Gasteiger partial charge in [0.05, 0.1) is 6.42 Å². The standard InChI is InChI=1S/C19H34O4Si/c1-7-14-19(22-8-2,23-9-3)18(21)16-17(20)13-15-24(10-4,11-5)12-6/h7,18,21H,1,8-12,14,16H2,2-6H3/t18-/m1/s1. The van der Waals surface area contributed by atoms with Crippen LogP contribution in [0.2, 0.25) is 18.1 Å². The highest BCUT2D eigenvalue weighted by Gasteiger charge is 2.39. The Bertz CT molecular complexity index is 432. The fourth-order valence-corrected chi connectivity index (χ4v) is 5.21. The molecule has 0 saturated carbocycles. The molecule has 0 aromatic heterocycles. The van der Waals surface area contributed by atoms with E-state index in [1.807, 2.05) is 13.8 Å². The number of ether oxygens (including phenoxy) is 2. The zero-order chi connectivity index (χ0) is 18.6. The second-order valence-electron chi connectivity index (χ2n) is 5.90. The second kappa shape index (κ2) is 11.6. The van der Waals surface area contributed by atoms with E-state index in [0.717, 1.165) is 18.1 Å². The fraction of sp³-hybridized carbons (Fsp3) is 0.737. The maximum atomic E-state index is 12.3. The maximum absolute atomic E-state index is 12.3. The lowest BCUT2D eigenvalue weighted by Crippen LogP contribution is -2.48. The minimum atomic E-state index is -1.66. The van der Waals surface area contributed by atoms with Gasteiger partial charge in [-0.3, -0.25) is 4.79 Å². The Morgan fingerprint density at radius 1 is 1.17 bits per heavy atom. The monoisotopic (exact) mass is 354 g/mol. The Morgan fingerprint density at radius 2 is 1.67 bits per heavy atom. The predicted molar refractivity (Wildman–Crippen MR) is 101 cm³/mol. The van der Waals surface area contributed by atoms with Crippen LogP contribution in [0.1, 0.15) is 47.5 Å². The van der Waals surface area contributed by atoms with Crippen molar-refractivity contribution in [1.29, 1.82) is 0 Å². The van der Waals surface area contributed by atoms with Crippen LogP contribution in [0.4, 0.5) is 0 Å². The zero-order valence-electron chi connectivity index (χ0n) is 16.0. The van der Waals surface area contributed by atoms with Crippen molar-refractivity contribution in [3.8, 4) is 11.5 Å². The summed E-state index contributed by atoms with van der Waals surface area (Å²) < 4.78 is 11.3. The van der Waals surface area contributed by atoms with Crippen LogP contribution in [0.3, 0.4) is 0 Å². The molecule has 0 aromatic rings. The molecule has 1 atom stereocenters. The summed E-state index contributed by atoms with van der Waals surface area (Å²) in [5, 5.41) is 10.5. The lowest BCUT2D eigenvalue weighted by Gasteiger charge is -2.36. The molecule has 0 saturated heterocycles. The van der Waals surface area contributed by atoms with Gasteiger partial charge in [-0.2, -0.15) is 0 Å². The van der Waals surface area contributed by atoms with Crippen molar-refractivity contribution in [3.63, 3.8) is 0 Å². The van der Waals surface area contributed by atoms with Crippen molar-refractivity contribution in [1.82, 2.24) is 0 Å². The average Bonchev–Trinajstić information content (AvgIpc) is 2.57. The van der Waals surface area contributed by atoms with E-state index in [-0.39, 0.29) is 12.2 Å². The summed E-state index contributed by atoms with van der Waals surface area (Å²) in [7, 11) is -1.66. The highest BCUT2D eigenvalue weighted by atomic mass is 28.3. The van der Waals surface area contributed by atoms with Gasteiger partial charge in [0.25, 0.3) is 0 Å². The zero-order valence-corrected chi connectivity index (χ0v) is 17.0. The van der Waals surface area contributed by atoms with Gasteiger partial charge in [-0.1, -0.05) is 26.8 Å².